The number of rotatable bonds is 10. The summed E-state index contributed by atoms with van der Waals surface area (Å²) in [5.74, 6) is 2.00. The standard InChI is InChI=1S/C20H28N2O2/c1-4-6-7-14-23-18-10-8-17(9-11-18)19-12-13-20(22-21-19)24-15-16(3)5-2/h8-13,16H,4-7,14-15H2,1-3H3. The molecule has 0 saturated heterocycles. The summed E-state index contributed by atoms with van der Waals surface area (Å²) in [5.41, 5.74) is 1.86. The summed E-state index contributed by atoms with van der Waals surface area (Å²) in [4.78, 5) is 0. The molecule has 2 aromatic rings. The molecular weight excluding hydrogens is 300 g/mol. The van der Waals surface area contributed by atoms with Crippen LogP contribution in [0.15, 0.2) is 36.4 Å². The van der Waals surface area contributed by atoms with Gasteiger partial charge in [0.1, 0.15) is 5.75 Å². The first-order valence-corrected chi connectivity index (χ1v) is 8.92. The van der Waals surface area contributed by atoms with E-state index in [1.807, 2.05) is 36.4 Å². The third-order valence-electron chi connectivity index (χ3n) is 4.02. The van der Waals surface area contributed by atoms with Crippen LogP contribution in [0.5, 0.6) is 11.6 Å². The Kier molecular flexibility index (Phi) is 7.53. The summed E-state index contributed by atoms with van der Waals surface area (Å²) >= 11 is 0. The molecule has 2 rings (SSSR count). The van der Waals surface area contributed by atoms with Crippen molar-refractivity contribution < 1.29 is 9.47 Å². The van der Waals surface area contributed by atoms with Crippen LogP contribution in [0, 0.1) is 5.92 Å². The van der Waals surface area contributed by atoms with E-state index in [0.29, 0.717) is 18.4 Å². The molecule has 0 bridgehead atoms. The molecule has 0 aliphatic rings. The molecule has 24 heavy (non-hydrogen) atoms. The lowest BCUT2D eigenvalue weighted by Gasteiger charge is -2.10. The van der Waals surface area contributed by atoms with Gasteiger partial charge in [-0.25, -0.2) is 0 Å². The van der Waals surface area contributed by atoms with E-state index in [0.717, 1.165) is 36.5 Å². The van der Waals surface area contributed by atoms with Crippen molar-refractivity contribution in [3.63, 3.8) is 0 Å². The summed E-state index contributed by atoms with van der Waals surface area (Å²) in [5, 5.41) is 8.40. The zero-order chi connectivity index (χ0) is 17.2. The first-order valence-electron chi connectivity index (χ1n) is 8.92. The molecule has 0 aliphatic heterocycles. The van der Waals surface area contributed by atoms with E-state index in [1.54, 1.807) is 0 Å². The van der Waals surface area contributed by atoms with Crippen molar-refractivity contribution in [1.29, 1.82) is 0 Å². The van der Waals surface area contributed by atoms with Crippen LogP contribution in [-0.2, 0) is 0 Å². The molecule has 130 valence electrons. The Bertz CT molecular complexity index is 582. The smallest absolute Gasteiger partial charge is 0.233 e. The lowest BCUT2D eigenvalue weighted by atomic mass is 10.1. The highest BCUT2D eigenvalue weighted by Crippen LogP contribution is 2.21. The van der Waals surface area contributed by atoms with Crippen molar-refractivity contribution in [1.82, 2.24) is 10.2 Å². The quantitative estimate of drug-likeness (QED) is 0.567. The Balaban J connectivity index is 1.89. The van der Waals surface area contributed by atoms with Crippen LogP contribution in [0.4, 0.5) is 0 Å². The van der Waals surface area contributed by atoms with Gasteiger partial charge in [-0.2, -0.15) is 0 Å². The predicted octanol–water partition coefficient (Wildman–Crippen LogP) is 5.14. The van der Waals surface area contributed by atoms with Gasteiger partial charge >= 0.3 is 0 Å². The lowest BCUT2D eigenvalue weighted by Crippen LogP contribution is -2.08. The Hall–Kier alpha value is -2.10. The maximum Gasteiger partial charge on any atom is 0.233 e. The van der Waals surface area contributed by atoms with Crippen molar-refractivity contribution >= 4 is 0 Å². The van der Waals surface area contributed by atoms with Crippen LogP contribution in [0.1, 0.15) is 46.5 Å². The maximum absolute atomic E-state index is 5.73. The largest absolute Gasteiger partial charge is 0.494 e. The van der Waals surface area contributed by atoms with Crippen LogP contribution >= 0.6 is 0 Å². The van der Waals surface area contributed by atoms with Crippen LogP contribution in [0.25, 0.3) is 11.3 Å². The van der Waals surface area contributed by atoms with Crippen LogP contribution in [-0.4, -0.2) is 23.4 Å². The molecular formula is C20H28N2O2. The van der Waals surface area contributed by atoms with E-state index >= 15 is 0 Å². The van der Waals surface area contributed by atoms with Gasteiger partial charge < -0.3 is 9.47 Å². The van der Waals surface area contributed by atoms with E-state index in [2.05, 4.69) is 31.0 Å². The Morgan fingerprint density at radius 3 is 2.33 bits per heavy atom. The number of ether oxygens (including phenoxy) is 2. The van der Waals surface area contributed by atoms with E-state index in [9.17, 15) is 0 Å². The average molecular weight is 328 g/mol. The predicted molar refractivity (Wildman–Crippen MR) is 97.4 cm³/mol. The van der Waals surface area contributed by atoms with Gasteiger partial charge in [0, 0.05) is 11.6 Å². The number of nitrogens with zero attached hydrogens (tertiary/aromatic N) is 2. The minimum absolute atomic E-state index is 0.524. The first kappa shape index (κ1) is 18.2. The van der Waals surface area contributed by atoms with Gasteiger partial charge in [-0.3, -0.25) is 0 Å². The highest BCUT2D eigenvalue weighted by molar-refractivity contribution is 5.59. The summed E-state index contributed by atoms with van der Waals surface area (Å²) in [6.45, 7) is 7.95. The van der Waals surface area contributed by atoms with Gasteiger partial charge in [0.05, 0.1) is 18.9 Å². The Labute approximate surface area is 145 Å². The van der Waals surface area contributed by atoms with Gasteiger partial charge in [-0.1, -0.05) is 40.0 Å². The fourth-order valence-corrected chi connectivity index (χ4v) is 2.16. The fraction of sp³-hybridized carbons (Fsp3) is 0.500. The van der Waals surface area contributed by atoms with Crippen molar-refractivity contribution in [2.75, 3.05) is 13.2 Å². The van der Waals surface area contributed by atoms with Crippen LogP contribution in [0.3, 0.4) is 0 Å². The molecule has 0 saturated carbocycles. The fourth-order valence-electron chi connectivity index (χ4n) is 2.16. The Morgan fingerprint density at radius 2 is 1.71 bits per heavy atom. The van der Waals surface area contributed by atoms with Crippen molar-refractivity contribution in [3.05, 3.63) is 36.4 Å². The third-order valence-corrected chi connectivity index (χ3v) is 4.02. The zero-order valence-electron chi connectivity index (χ0n) is 15.0. The number of benzene rings is 1. The highest BCUT2D eigenvalue weighted by Gasteiger charge is 2.04. The molecule has 1 unspecified atom stereocenters. The molecule has 1 heterocycles. The highest BCUT2D eigenvalue weighted by atomic mass is 16.5. The molecule has 0 N–H and O–H groups in total. The number of aromatic nitrogens is 2. The second-order valence-electron chi connectivity index (χ2n) is 6.16. The summed E-state index contributed by atoms with van der Waals surface area (Å²) in [6.07, 6.45) is 4.61. The lowest BCUT2D eigenvalue weighted by molar-refractivity contribution is 0.245. The van der Waals surface area contributed by atoms with Gasteiger partial charge in [0.2, 0.25) is 5.88 Å². The molecule has 1 atom stereocenters. The number of hydrogen-bond donors (Lipinski definition) is 0. The van der Waals surface area contributed by atoms with Gasteiger partial charge in [0.25, 0.3) is 0 Å². The SMILES string of the molecule is CCCCCOc1ccc(-c2ccc(OCC(C)CC)nn2)cc1. The molecule has 1 aromatic carbocycles. The minimum Gasteiger partial charge on any atom is -0.494 e. The van der Waals surface area contributed by atoms with Crippen LogP contribution in [0.2, 0.25) is 0 Å². The number of hydrogen-bond acceptors (Lipinski definition) is 4. The van der Waals surface area contributed by atoms with E-state index in [1.165, 1.54) is 12.8 Å². The molecule has 1 aromatic heterocycles. The molecule has 0 aliphatic carbocycles. The van der Waals surface area contributed by atoms with Gasteiger partial charge in [-0.15, -0.1) is 10.2 Å². The molecule has 0 spiro atoms. The summed E-state index contributed by atoms with van der Waals surface area (Å²) < 4.78 is 11.4. The van der Waals surface area contributed by atoms with Gasteiger partial charge in [-0.05, 0) is 42.7 Å². The first-order chi connectivity index (χ1) is 11.7. The van der Waals surface area contributed by atoms with Crippen molar-refractivity contribution in [3.8, 4) is 22.9 Å². The topological polar surface area (TPSA) is 44.2 Å². The normalized spacial score (nSPS) is 12.0. The van der Waals surface area contributed by atoms with E-state index in [-0.39, 0.29) is 0 Å². The van der Waals surface area contributed by atoms with E-state index in [4.69, 9.17) is 9.47 Å². The number of unbranched alkanes of at least 4 members (excludes halogenated alkanes) is 2. The molecule has 0 fully saturated rings. The van der Waals surface area contributed by atoms with E-state index < -0.39 is 0 Å². The van der Waals surface area contributed by atoms with Crippen molar-refractivity contribution in [2.45, 2.75) is 46.5 Å². The molecule has 0 radical (unpaired) electrons. The molecule has 4 nitrogen and oxygen atoms in total. The summed E-state index contributed by atoms with van der Waals surface area (Å²) in [7, 11) is 0. The monoisotopic (exact) mass is 328 g/mol. The molecule has 0 amide bonds. The minimum atomic E-state index is 0.524. The summed E-state index contributed by atoms with van der Waals surface area (Å²) in [6, 6.07) is 11.8. The second-order valence-corrected chi connectivity index (χ2v) is 6.16. The molecule has 4 heteroatoms. The zero-order valence-corrected chi connectivity index (χ0v) is 15.0. The van der Waals surface area contributed by atoms with Gasteiger partial charge in [0.15, 0.2) is 0 Å². The second kappa shape index (κ2) is 9.91. The maximum atomic E-state index is 5.73. The Morgan fingerprint density at radius 1 is 0.917 bits per heavy atom. The van der Waals surface area contributed by atoms with Crippen molar-refractivity contribution in [2.24, 2.45) is 5.92 Å². The van der Waals surface area contributed by atoms with Crippen LogP contribution < -0.4 is 9.47 Å². The third kappa shape index (κ3) is 5.84. The average Bonchev–Trinajstić information content (AvgIpc) is 2.64.